The fourth-order valence-corrected chi connectivity index (χ4v) is 2.87. The van der Waals surface area contributed by atoms with Crippen LogP contribution in [0.25, 0.3) is 0 Å². The van der Waals surface area contributed by atoms with Crippen LogP contribution in [0.15, 0.2) is 23.6 Å². The van der Waals surface area contributed by atoms with Crippen LogP contribution in [-0.4, -0.2) is 17.4 Å². The van der Waals surface area contributed by atoms with Crippen LogP contribution in [0.5, 0.6) is 0 Å². The van der Waals surface area contributed by atoms with Crippen LogP contribution in [-0.2, 0) is 12.0 Å². The zero-order chi connectivity index (χ0) is 16.3. The Labute approximate surface area is 143 Å². The summed E-state index contributed by atoms with van der Waals surface area (Å²) >= 11 is 13.4. The maximum Gasteiger partial charge on any atom is 0.270 e. The molecule has 4 nitrogen and oxygen atoms in total. The van der Waals surface area contributed by atoms with E-state index in [0.717, 1.165) is 10.6 Å². The maximum atomic E-state index is 12.1. The molecule has 2 rings (SSSR count). The van der Waals surface area contributed by atoms with Gasteiger partial charge in [-0.15, -0.1) is 11.3 Å². The average molecular weight is 358 g/mol. The lowest BCUT2D eigenvalue weighted by atomic mass is 9.84. The van der Waals surface area contributed by atoms with Gasteiger partial charge >= 0.3 is 0 Å². The quantitative estimate of drug-likeness (QED) is 0.858. The Balaban J connectivity index is 2.05. The van der Waals surface area contributed by atoms with E-state index in [2.05, 4.69) is 10.3 Å². The summed E-state index contributed by atoms with van der Waals surface area (Å²) in [6.07, 6.45) is 0. The molecule has 22 heavy (non-hydrogen) atoms. The second kappa shape index (κ2) is 6.96. The van der Waals surface area contributed by atoms with Crippen LogP contribution < -0.4 is 11.1 Å². The Morgan fingerprint density at radius 2 is 2.09 bits per heavy atom. The summed E-state index contributed by atoms with van der Waals surface area (Å²) in [4.78, 5) is 16.3. The van der Waals surface area contributed by atoms with Crippen molar-refractivity contribution in [2.75, 3.05) is 6.54 Å². The molecule has 0 bridgehead atoms. The number of hydrogen-bond acceptors (Lipinski definition) is 4. The smallest absolute Gasteiger partial charge is 0.270 e. The number of halogens is 2. The van der Waals surface area contributed by atoms with E-state index in [1.807, 2.05) is 26.0 Å². The second-order valence-electron chi connectivity index (χ2n) is 5.53. The first-order chi connectivity index (χ1) is 10.3. The Bertz CT molecular complexity index is 685. The third-order valence-corrected chi connectivity index (χ3v) is 4.96. The Morgan fingerprint density at radius 1 is 1.36 bits per heavy atom. The highest BCUT2D eigenvalue weighted by atomic mass is 35.5. The van der Waals surface area contributed by atoms with Gasteiger partial charge in [-0.1, -0.05) is 43.1 Å². The molecular weight excluding hydrogens is 341 g/mol. The third kappa shape index (κ3) is 3.98. The number of hydrogen-bond donors (Lipinski definition) is 2. The highest BCUT2D eigenvalue weighted by molar-refractivity contribution is 7.09. The summed E-state index contributed by atoms with van der Waals surface area (Å²) in [6, 6.07) is 5.50. The SMILES string of the molecule is CC(C)(CNC(=O)c1csc(CN)n1)c1ccc(Cl)c(Cl)c1. The monoisotopic (exact) mass is 357 g/mol. The number of nitrogens with zero attached hydrogens (tertiary/aromatic N) is 1. The summed E-state index contributed by atoms with van der Waals surface area (Å²) in [5, 5.41) is 6.37. The van der Waals surface area contributed by atoms with Crippen LogP contribution in [0.4, 0.5) is 0 Å². The molecule has 0 saturated carbocycles. The molecule has 1 aromatic carbocycles. The lowest BCUT2D eigenvalue weighted by Crippen LogP contribution is -2.36. The second-order valence-corrected chi connectivity index (χ2v) is 7.28. The fraction of sp³-hybridized carbons (Fsp3) is 0.333. The molecule has 0 saturated heterocycles. The number of carbonyl (C=O) groups excluding carboxylic acids is 1. The first-order valence-electron chi connectivity index (χ1n) is 6.71. The molecule has 1 heterocycles. The van der Waals surface area contributed by atoms with Crippen molar-refractivity contribution in [1.29, 1.82) is 0 Å². The highest BCUT2D eigenvalue weighted by Crippen LogP contribution is 2.29. The van der Waals surface area contributed by atoms with Crippen molar-refractivity contribution >= 4 is 40.4 Å². The zero-order valence-electron chi connectivity index (χ0n) is 12.3. The lowest BCUT2D eigenvalue weighted by molar-refractivity contribution is 0.0941. The van der Waals surface area contributed by atoms with Gasteiger partial charge in [0.05, 0.1) is 10.0 Å². The molecule has 1 amide bonds. The molecule has 0 aliphatic heterocycles. The van der Waals surface area contributed by atoms with Crippen molar-refractivity contribution in [2.45, 2.75) is 25.8 Å². The van der Waals surface area contributed by atoms with Crippen molar-refractivity contribution in [3.05, 3.63) is 49.9 Å². The predicted octanol–water partition coefficient (Wildman–Crippen LogP) is 3.62. The van der Waals surface area contributed by atoms with Gasteiger partial charge in [0.2, 0.25) is 0 Å². The van der Waals surface area contributed by atoms with E-state index in [4.69, 9.17) is 28.9 Å². The number of thiazole rings is 1. The number of benzene rings is 1. The number of nitrogens with two attached hydrogens (primary N) is 1. The molecule has 0 spiro atoms. The molecule has 0 atom stereocenters. The van der Waals surface area contributed by atoms with E-state index in [1.165, 1.54) is 11.3 Å². The number of amides is 1. The third-order valence-electron chi connectivity index (χ3n) is 3.35. The summed E-state index contributed by atoms with van der Waals surface area (Å²) in [7, 11) is 0. The van der Waals surface area contributed by atoms with Gasteiger partial charge in [-0.05, 0) is 17.7 Å². The molecule has 3 N–H and O–H groups in total. The molecule has 2 aromatic rings. The maximum absolute atomic E-state index is 12.1. The molecule has 0 fully saturated rings. The van der Waals surface area contributed by atoms with Crippen molar-refractivity contribution in [2.24, 2.45) is 5.73 Å². The van der Waals surface area contributed by atoms with E-state index in [1.54, 1.807) is 11.4 Å². The summed E-state index contributed by atoms with van der Waals surface area (Å²) in [6.45, 7) is 4.85. The minimum Gasteiger partial charge on any atom is -0.350 e. The van der Waals surface area contributed by atoms with E-state index in [0.29, 0.717) is 28.8 Å². The van der Waals surface area contributed by atoms with Crippen molar-refractivity contribution in [1.82, 2.24) is 10.3 Å². The van der Waals surface area contributed by atoms with Gasteiger partial charge in [0, 0.05) is 23.9 Å². The summed E-state index contributed by atoms with van der Waals surface area (Å²) in [5.41, 5.74) is 6.62. The first kappa shape index (κ1) is 17.2. The van der Waals surface area contributed by atoms with E-state index >= 15 is 0 Å². The Morgan fingerprint density at radius 3 is 2.68 bits per heavy atom. The van der Waals surface area contributed by atoms with Gasteiger partial charge in [-0.2, -0.15) is 0 Å². The number of nitrogens with one attached hydrogen (secondary N) is 1. The van der Waals surface area contributed by atoms with Gasteiger partial charge in [0.25, 0.3) is 5.91 Å². The number of rotatable bonds is 5. The lowest BCUT2D eigenvalue weighted by Gasteiger charge is -2.26. The molecule has 7 heteroatoms. The average Bonchev–Trinajstić information content (AvgIpc) is 2.96. The molecule has 0 unspecified atom stereocenters. The standard InChI is InChI=1S/C15H17Cl2N3OS/c1-15(2,9-3-4-10(16)11(17)5-9)8-19-14(21)12-7-22-13(6-18)20-12/h3-5,7H,6,8,18H2,1-2H3,(H,19,21). The van der Waals surface area contributed by atoms with Crippen LogP contribution in [0.3, 0.4) is 0 Å². The minimum atomic E-state index is -0.281. The predicted molar refractivity (Wildman–Crippen MR) is 91.8 cm³/mol. The highest BCUT2D eigenvalue weighted by Gasteiger charge is 2.23. The molecular formula is C15H17Cl2N3OS. The van der Waals surface area contributed by atoms with Crippen molar-refractivity contribution in [3.63, 3.8) is 0 Å². The number of carbonyl (C=O) groups is 1. The minimum absolute atomic E-state index is 0.205. The summed E-state index contributed by atoms with van der Waals surface area (Å²) < 4.78 is 0. The van der Waals surface area contributed by atoms with Crippen molar-refractivity contribution < 1.29 is 4.79 Å². The van der Waals surface area contributed by atoms with Crippen LogP contribution in [0, 0.1) is 0 Å². The van der Waals surface area contributed by atoms with Gasteiger partial charge < -0.3 is 11.1 Å². The first-order valence-corrected chi connectivity index (χ1v) is 8.35. The van der Waals surface area contributed by atoms with E-state index in [9.17, 15) is 4.79 Å². The number of aromatic nitrogens is 1. The molecule has 0 aliphatic rings. The zero-order valence-corrected chi connectivity index (χ0v) is 14.6. The van der Waals surface area contributed by atoms with Crippen LogP contribution >= 0.6 is 34.5 Å². The van der Waals surface area contributed by atoms with E-state index < -0.39 is 0 Å². The van der Waals surface area contributed by atoms with Crippen LogP contribution in [0.1, 0.15) is 34.9 Å². The van der Waals surface area contributed by atoms with Crippen LogP contribution in [0.2, 0.25) is 10.0 Å². The van der Waals surface area contributed by atoms with Gasteiger partial charge in [0.15, 0.2) is 0 Å². The Kier molecular flexibility index (Phi) is 5.45. The van der Waals surface area contributed by atoms with Crippen molar-refractivity contribution in [3.8, 4) is 0 Å². The molecule has 118 valence electrons. The Hall–Kier alpha value is -1.14. The molecule has 1 aromatic heterocycles. The normalized spacial score (nSPS) is 11.5. The van der Waals surface area contributed by atoms with E-state index in [-0.39, 0.29) is 11.3 Å². The summed E-state index contributed by atoms with van der Waals surface area (Å²) in [5.74, 6) is -0.205. The van der Waals surface area contributed by atoms with Gasteiger partial charge in [0.1, 0.15) is 10.7 Å². The largest absolute Gasteiger partial charge is 0.350 e. The molecule has 0 aliphatic carbocycles. The molecule has 0 radical (unpaired) electrons. The fourth-order valence-electron chi connectivity index (χ4n) is 1.92. The van der Waals surface area contributed by atoms with Gasteiger partial charge in [-0.25, -0.2) is 4.98 Å². The van der Waals surface area contributed by atoms with Gasteiger partial charge in [-0.3, -0.25) is 4.79 Å². The topological polar surface area (TPSA) is 68.0 Å².